The molecule has 1 heterocycles. The van der Waals surface area contributed by atoms with Crippen LogP contribution in [0.2, 0.25) is 0 Å². The van der Waals surface area contributed by atoms with Gasteiger partial charge in [0.2, 0.25) is 5.91 Å². The minimum atomic E-state index is -1.17. The number of amides is 1. The van der Waals surface area contributed by atoms with Crippen molar-refractivity contribution in [2.45, 2.75) is 37.5 Å². The van der Waals surface area contributed by atoms with E-state index in [2.05, 4.69) is 5.32 Å². The van der Waals surface area contributed by atoms with Gasteiger partial charge in [0.25, 0.3) is 0 Å². The molecule has 0 aromatic rings. The number of nitrogens with two attached hydrogens (primary N) is 1. The fourth-order valence-electron chi connectivity index (χ4n) is 1.72. The molecule has 1 aliphatic rings. The quantitative estimate of drug-likeness (QED) is 0.450. The van der Waals surface area contributed by atoms with Gasteiger partial charge in [-0.25, -0.2) is 4.79 Å². The fourth-order valence-corrected chi connectivity index (χ4v) is 1.72. The Hall–Kier alpha value is -1.18. The molecule has 0 bridgehead atoms. The van der Waals surface area contributed by atoms with E-state index in [9.17, 15) is 9.59 Å². The molecule has 98 valence electrons. The van der Waals surface area contributed by atoms with E-state index in [1.807, 2.05) is 0 Å². The van der Waals surface area contributed by atoms with Crippen LogP contribution in [0.5, 0.6) is 0 Å². The first kappa shape index (κ1) is 13.9. The highest BCUT2D eigenvalue weighted by Crippen LogP contribution is 2.19. The molecule has 0 aromatic carbocycles. The van der Waals surface area contributed by atoms with Crippen LogP contribution in [0.3, 0.4) is 0 Å². The number of nitrogens with one attached hydrogen (secondary N) is 1. The number of ether oxygens (including phenoxy) is 1. The number of carboxylic acids is 1. The maximum atomic E-state index is 11.7. The summed E-state index contributed by atoms with van der Waals surface area (Å²) in [5, 5.41) is 19.8. The lowest BCUT2D eigenvalue weighted by molar-refractivity contribution is -0.144. The molecule has 1 aliphatic heterocycles. The smallest absolute Gasteiger partial charge is 0.326 e. The van der Waals surface area contributed by atoms with Gasteiger partial charge in [-0.15, -0.1) is 0 Å². The predicted octanol–water partition coefficient (Wildman–Crippen LogP) is -1.56. The van der Waals surface area contributed by atoms with Gasteiger partial charge in [0.1, 0.15) is 12.1 Å². The Balaban J connectivity index is 2.45. The molecule has 1 rings (SSSR count). The van der Waals surface area contributed by atoms with Gasteiger partial charge in [0, 0.05) is 19.6 Å². The van der Waals surface area contributed by atoms with E-state index in [4.69, 9.17) is 20.7 Å². The standard InChI is InChI=1S/C10H18N2O5/c11-5-6-1-2-8(17-6)9(14)12-7(3-4-13)10(15)16/h6-8,13H,1-5,11H2,(H,12,14)(H,15,16)/t6?,7-,8?/m1/s1. The summed E-state index contributed by atoms with van der Waals surface area (Å²) >= 11 is 0. The second-order valence-corrected chi connectivity index (χ2v) is 3.97. The SMILES string of the molecule is NCC1CCC(C(=O)N[C@H](CCO)C(=O)O)O1. The average molecular weight is 246 g/mol. The third-order valence-electron chi connectivity index (χ3n) is 2.70. The molecule has 2 unspecified atom stereocenters. The highest BCUT2D eigenvalue weighted by molar-refractivity contribution is 5.86. The van der Waals surface area contributed by atoms with E-state index in [1.165, 1.54) is 0 Å². The second kappa shape index (κ2) is 6.53. The predicted molar refractivity (Wildman–Crippen MR) is 58.2 cm³/mol. The molecule has 0 saturated carbocycles. The third-order valence-corrected chi connectivity index (χ3v) is 2.70. The molecule has 5 N–H and O–H groups in total. The van der Waals surface area contributed by atoms with E-state index in [-0.39, 0.29) is 19.1 Å². The zero-order valence-electron chi connectivity index (χ0n) is 9.46. The van der Waals surface area contributed by atoms with Crippen molar-refractivity contribution in [3.63, 3.8) is 0 Å². The van der Waals surface area contributed by atoms with Crippen molar-refractivity contribution in [1.29, 1.82) is 0 Å². The second-order valence-electron chi connectivity index (χ2n) is 3.97. The lowest BCUT2D eigenvalue weighted by Crippen LogP contribution is -2.46. The molecular formula is C10H18N2O5. The minimum Gasteiger partial charge on any atom is -0.480 e. The summed E-state index contributed by atoms with van der Waals surface area (Å²) in [6.45, 7) is 0.0526. The van der Waals surface area contributed by atoms with Gasteiger partial charge < -0.3 is 26.0 Å². The summed E-state index contributed by atoms with van der Waals surface area (Å²) in [5.74, 6) is -1.62. The number of hydrogen-bond acceptors (Lipinski definition) is 5. The van der Waals surface area contributed by atoms with Gasteiger partial charge in [0.05, 0.1) is 6.10 Å². The first-order valence-corrected chi connectivity index (χ1v) is 5.58. The topological polar surface area (TPSA) is 122 Å². The van der Waals surface area contributed by atoms with Crippen LogP contribution in [0.15, 0.2) is 0 Å². The van der Waals surface area contributed by atoms with Gasteiger partial charge >= 0.3 is 5.97 Å². The molecular weight excluding hydrogens is 228 g/mol. The Morgan fingerprint density at radius 3 is 2.65 bits per heavy atom. The van der Waals surface area contributed by atoms with Crippen LogP contribution in [0, 0.1) is 0 Å². The summed E-state index contributed by atoms with van der Waals surface area (Å²) in [7, 11) is 0. The highest BCUT2D eigenvalue weighted by Gasteiger charge is 2.32. The largest absolute Gasteiger partial charge is 0.480 e. The maximum absolute atomic E-state index is 11.7. The van der Waals surface area contributed by atoms with Crippen molar-refractivity contribution in [2.24, 2.45) is 5.73 Å². The molecule has 0 aromatic heterocycles. The van der Waals surface area contributed by atoms with Crippen LogP contribution in [0.1, 0.15) is 19.3 Å². The lowest BCUT2D eigenvalue weighted by Gasteiger charge is -2.17. The summed E-state index contributed by atoms with van der Waals surface area (Å²) in [5.41, 5.74) is 5.41. The number of carbonyl (C=O) groups is 2. The maximum Gasteiger partial charge on any atom is 0.326 e. The Kier molecular flexibility index (Phi) is 5.33. The highest BCUT2D eigenvalue weighted by atomic mass is 16.5. The van der Waals surface area contributed by atoms with E-state index < -0.39 is 24.0 Å². The molecule has 7 nitrogen and oxygen atoms in total. The Bertz CT molecular complexity index is 284. The van der Waals surface area contributed by atoms with Gasteiger partial charge in [-0.1, -0.05) is 0 Å². The van der Waals surface area contributed by atoms with Gasteiger partial charge in [-0.3, -0.25) is 4.79 Å². The lowest BCUT2D eigenvalue weighted by atomic mass is 10.1. The van der Waals surface area contributed by atoms with Crippen molar-refractivity contribution in [1.82, 2.24) is 5.32 Å². The van der Waals surface area contributed by atoms with Crippen LogP contribution < -0.4 is 11.1 Å². The number of hydrogen-bond donors (Lipinski definition) is 4. The normalized spacial score (nSPS) is 25.5. The molecule has 1 amide bonds. The van der Waals surface area contributed by atoms with E-state index >= 15 is 0 Å². The average Bonchev–Trinajstić information content (AvgIpc) is 2.76. The van der Waals surface area contributed by atoms with Gasteiger partial charge in [0.15, 0.2) is 0 Å². The Labute approximate surface area is 98.9 Å². The molecule has 7 heteroatoms. The number of aliphatic hydroxyl groups is 1. The van der Waals surface area contributed by atoms with Crippen molar-refractivity contribution in [2.75, 3.05) is 13.2 Å². The number of aliphatic carboxylic acids is 1. The van der Waals surface area contributed by atoms with Crippen LogP contribution in [0.4, 0.5) is 0 Å². The first-order valence-electron chi connectivity index (χ1n) is 5.58. The van der Waals surface area contributed by atoms with E-state index in [1.54, 1.807) is 0 Å². The van der Waals surface area contributed by atoms with E-state index in [0.29, 0.717) is 19.4 Å². The molecule has 0 spiro atoms. The molecule has 1 saturated heterocycles. The summed E-state index contributed by atoms with van der Waals surface area (Å²) in [6, 6.07) is -1.08. The monoisotopic (exact) mass is 246 g/mol. The zero-order chi connectivity index (χ0) is 12.8. The Morgan fingerprint density at radius 2 is 2.18 bits per heavy atom. The van der Waals surface area contributed by atoms with Crippen molar-refractivity contribution < 1.29 is 24.5 Å². The van der Waals surface area contributed by atoms with E-state index in [0.717, 1.165) is 0 Å². The number of carboxylic acid groups (broad SMARTS) is 1. The zero-order valence-corrected chi connectivity index (χ0v) is 9.46. The van der Waals surface area contributed by atoms with Crippen molar-refractivity contribution in [3.05, 3.63) is 0 Å². The molecule has 17 heavy (non-hydrogen) atoms. The van der Waals surface area contributed by atoms with Crippen molar-refractivity contribution in [3.8, 4) is 0 Å². The third kappa shape index (κ3) is 3.95. The number of rotatable bonds is 6. The first-order chi connectivity index (χ1) is 8.08. The molecule has 3 atom stereocenters. The molecule has 0 radical (unpaired) electrons. The number of carbonyl (C=O) groups excluding carboxylic acids is 1. The summed E-state index contributed by atoms with van der Waals surface area (Å²) in [4.78, 5) is 22.4. The van der Waals surface area contributed by atoms with Crippen LogP contribution in [0.25, 0.3) is 0 Å². The van der Waals surface area contributed by atoms with Crippen molar-refractivity contribution >= 4 is 11.9 Å². The minimum absolute atomic E-state index is 0.0197. The molecule has 0 aliphatic carbocycles. The summed E-state index contributed by atoms with van der Waals surface area (Å²) < 4.78 is 5.34. The van der Waals surface area contributed by atoms with Gasteiger partial charge in [-0.05, 0) is 12.8 Å². The van der Waals surface area contributed by atoms with Crippen LogP contribution in [-0.2, 0) is 14.3 Å². The van der Waals surface area contributed by atoms with Crippen LogP contribution in [-0.4, -0.2) is 53.5 Å². The molecule has 1 fully saturated rings. The Morgan fingerprint density at radius 1 is 1.47 bits per heavy atom. The van der Waals surface area contributed by atoms with Crippen LogP contribution >= 0.6 is 0 Å². The van der Waals surface area contributed by atoms with Gasteiger partial charge in [-0.2, -0.15) is 0 Å². The summed E-state index contributed by atoms with van der Waals surface area (Å²) in [6.07, 6.45) is 0.454. The fraction of sp³-hybridized carbons (Fsp3) is 0.800. The number of aliphatic hydroxyl groups excluding tert-OH is 1.